The van der Waals surface area contributed by atoms with Crippen LogP contribution in [0.15, 0.2) is 28.6 Å². The number of hydrogen-bond donors (Lipinski definition) is 2. The van der Waals surface area contributed by atoms with Crippen LogP contribution in [-0.4, -0.2) is 19.9 Å². The van der Waals surface area contributed by atoms with E-state index in [0.29, 0.717) is 11.7 Å². The molecular weight excluding hydrogens is 260 g/mol. The molecule has 0 unspecified atom stereocenters. The Hall–Kier alpha value is -1.73. The van der Waals surface area contributed by atoms with Crippen LogP contribution in [-0.2, 0) is 0 Å². The van der Waals surface area contributed by atoms with Crippen LogP contribution >= 0.6 is 11.8 Å². The van der Waals surface area contributed by atoms with Crippen molar-refractivity contribution < 1.29 is 0 Å². The molecule has 7 heteroatoms. The molecule has 0 aromatic carbocycles. The molecule has 1 aliphatic rings. The third kappa shape index (κ3) is 2.66. The van der Waals surface area contributed by atoms with Gasteiger partial charge in [-0.3, -0.25) is 0 Å². The number of anilines is 1. The summed E-state index contributed by atoms with van der Waals surface area (Å²) in [5, 5.41) is 1.75. The summed E-state index contributed by atoms with van der Waals surface area (Å²) >= 11 is 1.51. The third-order valence-corrected chi connectivity index (χ3v) is 4.00. The predicted octanol–water partition coefficient (Wildman–Crippen LogP) is 1.89. The highest BCUT2D eigenvalue weighted by molar-refractivity contribution is 7.99. The minimum atomic E-state index is 0.484. The summed E-state index contributed by atoms with van der Waals surface area (Å²) in [7, 11) is 0. The summed E-state index contributed by atoms with van der Waals surface area (Å²) in [4.78, 5) is 17.2. The number of nitrogens with two attached hydrogens (primary N) is 1. The molecule has 2 aromatic heterocycles. The summed E-state index contributed by atoms with van der Waals surface area (Å²) in [5.41, 5.74) is 3.59. The first-order chi connectivity index (χ1) is 9.28. The lowest BCUT2D eigenvalue weighted by atomic mass is 10.3. The van der Waals surface area contributed by atoms with Crippen LogP contribution in [0.4, 0.5) is 5.82 Å². The summed E-state index contributed by atoms with van der Waals surface area (Å²) < 4.78 is 0. The standard InChI is InChI=1S/C12H14N6S/c1-7-10(18-13)16-11(8-2-3-8)17-12(7)19-9-4-5-14-6-15-9/h4-6,8H,2-3,13H2,1H3,(H,16,17,18). The van der Waals surface area contributed by atoms with E-state index in [1.165, 1.54) is 18.1 Å². The van der Waals surface area contributed by atoms with Gasteiger partial charge in [0.1, 0.15) is 28.0 Å². The smallest absolute Gasteiger partial charge is 0.147 e. The molecule has 0 aliphatic heterocycles. The molecular formula is C12H14N6S. The first kappa shape index (κ1) is 12.3. The van der Waals surface area contributed by atoms with Crippen molar-refractivity contribution in [2.24, 2.45) is 5.84 Å². The number of aromatic nitrogens is 4. The molecule has 0 saturated heterocycles. The quantitative estimate of drug-likeness (QED) is 0.500. The van der Waals surface area contributed by atoms with Crippen LogP contribution in [0.25, 0.3) is 0 Å². The average molecular weight is 274 g/mol. The van der Waals surface area contributed by atoms with Gasteiger partial charge in [0.05, 0.1) is 0 Å². The van der Waals surface area contributed by atoms with Gasteiger partial charge >= 0.3 is 0 Å². The predicted molar refractivity (Wildman–Crippen MR) is 72.7 cm³/mol. The normalized spacial score (nSPS) is 14.4. The molecule has 2 aromatic rings. The van der Waals surface area contributed by atoms with Crippen LogP contribution in [0.5, 0.6) is 0 Å². The van der Waals surface area contributed by atoms with Crippen molar-refractivity contribution in [1.82, 2.24) is 19.9 Å². The minimum absolute atomic E-state index is 0.484. The Bertz CT molecular complexity index is 584. The number of rotatable bonds is 4. The van der Waals surface area contributed by atoms with Crippen LogP contribution in [0.3, 0.4) is 0 Å². The van der Waals surface area contributed by atoms with Gasteiger partial charge in [0.2, 0.25) is 0 Å². The highest BCUT2D eigenvalue weighted by Gasteiger charge is 2.28. The topological polar surface area (TPSA) is 89.6 Å². The van der Waals surface area contributed by atoms with E-state index in [1.54, 1.807) is 6.20 Å². The molecule has 3 N–H and O–H groups in total. The third-order valence-electron chi connectivity index (χ3n) is 2.95. The van der Waals surface area contributed by atoms with Gasteiger partial charge in [-0.2, -0.15) is 0 Å². The number of nitrogens with zero attached hydrogens (tertiary/aromatic N) is 4. The van der Waals surface area contributed by atoms with E-state index >= 15 is 0 Å². The van der Waals surface area contributed by atoms with Gasteiger partial charge in [-0.15, -0.1) is 0 Å². The summed E-state index contributed by atoms with van der Waals surface area (Å²) in [5.74, 6) is 7.57. The number of nitrogens with one attached hydrogen (secondary N) is 1. The molecule has 2 heterocycles. The van der Waals surface area contributed by atoms with E-state index in [-0.39, 0.29) is 0 Å². The summed E-state index contributed by atoms with van der Waals surface area (Å²) in [6.45, 7) is 1.95. The van der Waals surface area contributed by atoms with Crippen molar-refractivity contribution in [3.8, 4) is 0 Å². The van der Waals surface area contributed by atoms with Crippen LogP contribution in [0.1, 0.15) is 30.1 Å². The van der Waals surface area contributed by atoms with Gasteiger partial charge in [-0.1, -0.05) is 0 Å². The average Bonchev–Trinajstić information content (AvgIpc) is 3.27. The van der Waals surface area contributed by atoms with Gasteiger partial charge in [-0.25, -0.2) is 25.8 Å². The van der Waals surface area contributed by atoms with Crippen LogP contribution in [0, 0.1) is 6.92 Å². The van der Waals surface area contributed by atoms with Crippen molar-refractivity contribution in [1.29, 1.82) is 0 Å². The fourth-order valence-corrected chi connectivity index (χ4v) is 2.53. The van der Waals surface area contributed by atoms with Crippen LogP contribution in [0.2, 0.25) is 0 Å². The first-order valence-electron chi connectivity index (χ1n) is 6.07. The van der Waals surface area contributed by atoms with Crippen molar-refractivity contribution in [3.05, 3.63) is 30.0 Å². The Balaban J connectivity index is 1.97. The zero-order valence-electron chi connectivity index (χ0n) is 10.5. The second-order valence-corrected chi connectivity index (χ2v) is 5.44. The molecule has 0 radical (unpaired) electrons. The zero-order chi connectivity index (χ0) is 13.2. The van der Waals surface area contributed by atoms with E-state index < -0.39 is 0 Å². The van der Waals surface area contributed by atoms with E-state index in [9.17, 15) is 0 Å². The van der Waals surface area contributed by atoms with Gasteiger partial charge in [0.15, 0.2) is 0 Å². The highest BCUT2D eigenvalue weighted by atomic mass is 32.2. The lowest BCUT2D eigenvalue weighted by molar-refractivity contribution is 0.860. The van der Waals surface area contributed by atoms with Gasteiger partial charge in [0, 0.05) is 17.7 Å². The molecule has 98 valence electrons. The summed E-state index contributed by atoms with van der Waals surface area (Å²) in [6.07, 6.45) is 5.56. The largest absolute Gasteiger partial charge is 0.308 e. The maximum Gasteiger partial charge on any atom is 0.147 e. The molecule has 0 spiro atoms. The van der Waals surface area contributed by atoms with Crippen molar-refractivity contribution in [2.45, 2.75) is 35.7 Å². The van der Waals surface area contributed by atoms with Gasteiger partial charge < -0.3 is 5.43 Å². The molecule has 19 heavy (non-hydrogen) atoms. The SMILES string of the molecule is Cc1c(NN)nc(C2CC2)nc1Sc1ccncn1. The highest BCUT2D eigenvalue weighted by Crippen LogP contribution is 2.40. The zero-order valence-corrected chi connectivity index (χ0v) is 11.3. The van der Waals surface area contributed by atoms with Crippen molar-refractivity contribution in [2.75, 3.05) is 5.43 Å². The van der Waals surface area contributed by atoms with E-state index in [2.05, 4.69) is 25.4 Å². The molecule has 0 amide bonds. The van der Waals surface area contributed by atoms with Gasteiger partial charge in [-0.05, 0) is 37.6 Å². The summed E-state index contributed by atoms with van der Waals surface area (Å²) in [6, 6.07) is 1.86. The second kappa shape index (κ2) is 5.10. The minimum Gasteiger partial charge on any atom is -0.308 e. The Morgan fingerprint density at radius 1 is 1.37 bits per heavy atom. The Labute approximate surface area is 115 Å². The van der Waals surface area contributed by atoms with Crippen molar-refractivity contribution >= 4 is 17.6 Å². The van der Waals surface area contributed by atoms with Crippen molar-refractivity contribution in [3.63, 3.8) is 0 Å². The second-order valence-electron chi connectivity index (χ2n) is 4.43. The number of hydrogen-bond acceptors (Lipinski definition) is 7. The lowest BCUT2D eigenvalue weighted by Gasteiger charge is -2.10. The fraction of sp³-hybridized carbons (Fsp3) is 0.333. The molecule has 3 rings (SSSR count). The monoisotopic (exact) mass is 274 g/mol. The van der Waals surface area contributed by atoms with E-state index in [0.717, 1.165) is 34.3 Å². The molecule has 0 atom stereocenters. The maximum absolute atomic E-state index is 5.53. The maximum atomic E-state index is 5.53. The Morgan fingerprint density at radius 2 is 2.21 bits per heavy atom. The Morgan fingerprint density at radius 3 is 2.84 bits per heavy atom. The Kier molecular flexibility index (Phi) is 3.31. The van der Waals surface area contributed by atoms with Crippen LogP contribution < -0.4 is 11.3 Å². The molecule has 1 saturated carbocycles. The number of nitrogen functional groups attached to an aromatic ring is 1. The molecule has 1 aliphatic carbocycles. The number of hydrazine groups is 1. The molecule has 6 nitrogen and oxygen atoms in total. The first-order valence-corrected chi connectivity index (χ1v) is 6.88. The molecule has 1 fully saturated rings. The fourth-order valence-electron chi connectivity index (χ4n) is 1.71. The van der Waals surface area contributed by atoms with E-state index in [1.807, 2.05) is 13.0 Å². The van der Waals surface area contributed by atoms with E-state index in [4.69, 9.17) is 5.84 Å². The lowest BCUT2D eigenvalue weighted by Crippen LogP contribution is -2.13. The molecule has 0 bridgehead atoms. The van der Waals surface area contributed by atoms with Gasteiger partial charge in [0.25, 0.3) is 0 Å².